The van der Waals surface area contributed by atoms with E-state index in [2.05, 4.69) is 0 Å². The summed E-state index contributed by atoms with van der Waals surface area (Å²) in [5.41, 5.74) is 0.381. The molecule has 1 aromatic carbocycles. The first-order valence-electron chi connectivity index (χ1n) is 6.13. The van der Waals surface area contributed by atoms with E-state index in [-0.39, 0.29) is 29.1 Å². The summed E-state index contributed by atoms with van der Waals surface area (Å²) in [6.45, 7) is 3.21. The highest BCUT2D eigenvalue weighted by Crippen LogP contribution is 2.25. The second kappa shape index (κ2) is 5.81. The van der Waals surface area contributed by atoms with Gasteiger partial charge in [-0.05, 0) is 24.0 Å². The third-order valence-electron chi connectivity index (χ3n) is 3.45. The molecule has 98 valence electrons. The van der Waals surface area contributed by atoms with Crippen molar-refractivity contribution in [2.75, 3.05) is 13.2 Å². The Labute approximate surface area is 111 Å². The number of benzene rings is 1. The standard InChI is InChI=1S/C14H16ClFO2/c1-9-8-18-6-5-11(9)13(17)7-10-3-2-4-12(15)14(10)16/h2-4,9,11H,5-8H2,1H3. The molecule has 18 heavy (non-hydrogen) atoms. The average molecular weight is 271 g/mol. The Morgan fingerprint density at radius 2 is 2.33 bits per heavy atom. The number of hydrogen-bond acceptors (Lipinski definition) is 2. The summed E-state index contributed by atoms with van der Waals surface area (Å²) in [6.07, 6.45) is 0.837. The van der Waals surface area contributed by atoms with Gasteiger partial charge in [0.05, 0.1) is 5.02 Å². The Morgan fingerprint density at radius 3 is 3.06 bits per heavy atom. The van der Waals surface area contributed by atoms with Gasteiger partial charge in [-0.2, -0.15) is 0 Å². The molecule has 2 atom stereocenters. The number of rotatable bonds is 3. The molecular formula is C14H16ClFO2. The molecule has 1 saturated heterocycles. The van der Waals surface area contributed by atoms with Crippen LogP contribution in [0.15, 0.2) is 18.2 Å². The molecule has 1 aliphatic rings. The van der Waals surface area contributed by atoms with E-state index >= 15 is 0 Å². The predicted octanol–water partition coefficient (Wildman–Crippen LogP) is 3.26. The van der Waals surface area contributed by atoms with Gasteiger partial charge >= 0.3 is 0 Å². The molecule has 1 aliphatic heterocycles. The van der Waals surface area contributed by atoms with Crippen LogP contribution in [0.25, 0.3) is 0 Å². The van der Waals surface area contributed by atoms with Gasteiger partial charge < -0.3 is 4.74 Å². The van der Waals surface area contributed by atoms with Crippen LogP contribution in [0.3, 0.4) is 0 Å². The van der Waals surface area contributed by atoms with Crippen LogP contribution in [-0.2, 0) is 16.0 Å². The zero-order valence-electron chi connectivity index (χ0n) is 10.3. The maximum atomic E-state index is 13.7. The van der Waals surface area contributed by atoms with Gasteiger partial charge in [0.15, 0.2) is 0 Å². The minimum absolute atomic E-state index is 0.0304. The molecule has 1 aromatic rings. The van der Waals surface area contributed by atoms with Crippen LogP contribution in [-0.4, -0.2) is 19.0 Å². The van der Waals surface area contributed by atoms with Crippen molar-refractivity contribution >= 4 is 17.4 Å². The lowest BCUT2D eigenvalue weighted by Gasteiger charge is -2.27. The minimum atomic E-state index is -0.479. The van der Waals surface area contributed by atoms with E-state index in [4.69, 9.17) is 16.3 Å². The van der Waals surface area contributed by atoms with E-state index < -0.39 is 5.82 Å². The van der Waals surface area contributed by atoms with Gasteiger partial charge in [-0.1, -0.05) is 30.7 Å². The Kier molecular flexibility index (Phi) is 4.36. The zero-order chi connectivity index (χ0) is 13.1. The summed E-state index contributed by atoms with van der Waals surface area (Å²) in [5.74, 6) is -0.232. The largest absolute Gasteiger partial charge is 0.381 e. The normalized spacial score (nSPS) is 23.9. The van der Waals surface area contributed by atoms with Gasteiger partial charge in [0.1, 0.15) is 11.6 Å². The fourth-order valence-electron chi connectivity index (χ4n) is 2.36. The summed E-state index contributed by atoms with van der Waals surface area (Å²) in [6, 6.07) is 4.77. The first-order chi connectivity index (χ1) is 8.59. The van der Waals surface area contributed by atoms with Gasteiger partial charge in [-0.15, -0.1) is 0 Å². The fraction of sp³-hybridized carbons (Fsp3) is 0.500. The maximum Gasteiger partial charge on any atom is 0.145 e. The number of ether oxygens (including phenoxy) is 1. The number of hydrogen-bond donors (Lipinski definition) is 0. The van der Waals surface area contributed by atoms with E-state index in [1.54, 1.807) is 12.1 Å². The topological polar surface area (TPSA) is 26.3 Å². The van der Waals surface area contributed by atoms with E-state index in [9.17, 15) is 9.18 Å². The third kappa shape index (κ3) is 2.90. The summed E-state index contributed by atoms with van der Waals surface area (Å²) in [5, 5.41) is 0.0697. The van der Waals surface area contributed by atoms with E-state index in [1.807, 2.05) is 6.92 Å². The molecule has 0 radical (unpaired) electrons. The molecule has 0 bridgehead atoms. The van der Waals surface area contributed by atoms with Gasteiger partial charge in [0.25, 0.3) is 0 Å². The monoisotopic (exact) mass is 270 g/mol. The smallest absolute Gasteiger partial charge is 0.145 e. The molecule has 0 amide bonds. The highest BCUT2D eigenvalue weighted by Gasteiger charge is 2.28. The molecule has 4 heteroatoms. The van der Waals surface area contributed by atoms with Gasteiger partial charge in [0.2, 0.25) is 0 Å². The predicted molar refractivity (Wildman–Crippen MR) is 68.2 cm³/mol. The van der Waals surface area contributed by atoms with E-state index in [1.165, 1.54) is 6.07 Å². The van der Waals surface area contributed by atoms with Crippen LogP contribution in [0, 0.1) is 17.7 Å². The van der Waals surface area contributed by atoms with Crippen molar-refractivity contribution < 1.29 is 13.9 Å². The lowest BCUT2D eigenvalue weighted by Crippen LogP contribution is -2.32. The van der Waals surface area contributed by atoms with E-state index in [0.29, 0.717) is 18.8 Å². The van der Waals surface area contributed by atoms with Crippen LogP contribution < -0.4 is 0 Å². The molecule has 0 aliphatic carbocycles. The highest BCUT2D eigenvalue weighted by atomic mass is 35.5. The van der Waals surface area contributed by atoms with Crippen LogP contribution in [0.5, 0.6) is 0 Å². The zero-order valence-corrected chi connectivity index (χ0v) is 11.0. The number of ketones is 1. The number of carbonyl (C=O) groups excluding carboxylic acids is 1. The van der Waals surface area contributed by atoms with E-state index in [0.717, 1.165) is 6.42 Å². The number of halogens is 2. The Morgan fingerprint density at radius 1 is 1.56 bits per heavy atom. The Hall–Kier alpha value is -0.930. The average Bonchev–Trinajstić information content (AvgIpc) is 2.35. The summed E-state index contributed by atoms with van der Waals surface area (Å²) >= 11 is 5.71. The molecule has 0 N–H and O–H groups in total. The van der Waals surface area contributed by atoms with Crippen molar-refractivity contribution in [3.63, 3.8) is 0 Å². The van der Waals surface area contributed by atoms with Crippen LogP contribution >= 0.6 is 11.6 Å². The van der Waals surface area contributed by atoms with Crippen LogP contribution in [0.1, 0.15) is 18.9 Å². The molecular weight excluding hydrogens is 255 g/mol. The van der Waals surface area contributed by atoms with Crippen molar-refractivity contribution in [1.82, 2.24) is 0 Å². The quantitative estimate of drug-likeness (QED) is 0.843. The molecule has 0 aromatic heterocycles. The second-order valence-corrected chi connectivity index (χ2v) is 5.21. The summed E-state index contributed by atoms with van der Waals surface area (Å²) < 4.78 is 19.0. The number of Topliss-reactive ketones (excluding diaryl/α,β-unsaturated/α-hetero) is 1. The Balaban J connectivity index is 2.09. The van der Waals surface area contributed by atoms with Gasteiger partial charge in [0, 0.05) is 25.6 Å². The van der Waals surface area contributed by atoms with Crippen molar-refractivity contribution in [2.45, 2.75) is 19.8 Å². The van der Waals surface area contributed by atoms with Crippen LogP contribution in [0.4, 0.5) is 4.39 Å². The van der Waals surface area contributed by atoms with Gasteiger partial charge in [-0.25, -0.2) is 4.39 Å². The van der Waals surface area contributed by atoms with Crippen molar-refractivity contribution in [3.05, 3.63) is 34.6 Å². The van der Waals surface area contributed by atoms with Crippen LogP contribution in [0.2, 0.25) is 5.02 Å². The highest BCUT2D eigenvalue weighted by molar-refractivity contribution is 6.30. The first-order valence-corrected chi connectivity index (χ1v) is 6.50. The first kappa shape index (κ1) is 13.5. The molecule has 0 spiro atoms. The second-order valence-electron chi connectivity index (χ2n) is 4.80. The fourth-order valence-corrected chi connectivity index (χ4v) is 2.56. The van der Waals surface area contributed by atoms with Crippen molar-refractivity contribution in [1.29, 1.82) is 0 Å². The molecule has 1 fully saturated rings. The molecule has 2 rings (SSSR count). The van der Waals surface area contributed by atoms with Crippen molar-refractivity contribution in [3.8, 4) is 0 Å². The number of carbonyl (C=O) groups is 1. The summed E-state index contributed by atoms with van der Waals surface area (Å²) in [4.78, 5) is 12.2. The summed E-state index contributed by atoms with van der Waals surface area (Å²) in [7, 11) is 0. The maximum absolute atomic E-state index is 13.7. The Bertz CT molecular complexity index is 447. The molecule has 1 heterocycles. The molecule has 2 unspecified atom stereocenters. The SMILES string of the molecule is CC1COCCC1C(=O)Cc1cccc(Cl)c1F. The third-order valence-corrected chi connectivity index (χ3v) is 3.74. The van der Waals surface area contributed by atoms with Gasteiger partial charge in [-0.3, -0.25) is 4.79 Å². The lowest BCUT2D eigenvalue weighted by atomic mass is 9.84. The lowest BCUT2D eigenvalue weighted by molar-refractivity contribution is -0.127. The van der Waals surface area contributed by atoms with Crippen molar-refractivity contribution in [2.24, 2.45) is 11.8 Å². The minimum Gasteiger partial charge on any atom is -0.381 e. The molecule has 0 saturated carbocycles. The molecule has 2 nitrogen and oxygen atoms in total.